The zero-order chi connectivity index (χ0) is 18.1. The van der Waals surface area contributed by atoms with E-state index in [9.17, 15) is 8.78 Å². The second-order valence-corrected chi connectivity index (χ2v) is 6.67. The first-order valence-electron chi connectivity index (χ1n) is 8.36. The fourth-order valence-corrected chi connectivity index (χ4v) is 3.35. The third-order valence-corrected chi connectivity index (χ3v) is 4.65. The van der Waals surface area contributed by atoms with Gasteiger partial charge in [0.25, 0.3) is 0 Å². The van der Waals surface area contributed by atoms with Crippen molar-refractivity contribution in [3.8, 4) is 0 Å². The third-order valence-electron chi connectivity index (χ3n) is 4.47. The average Bonchev–Trinajstić information content (AvgIpc) is 3.01. The molecule has 1 aliphatic heterocycles. The Bertz CT molecular complexity index is 940. The Labute approximate surface area is 154 Å². The molecule has 0 bridgehead atoms. The second-order valence-electron chi connectivity index (χ2n) is 6.28. The van der Waals surface area contributed by atoms with Crippen LogP contribution in [0.15, 0.2) is 30.5 Å². The second kappa shape index (κ2) is 7.26. The Morgan fingerprint density at radius 1 is 1.12 bits per heavy atom. The van der Waals surface area contributed by atoms with Gasteiger partial charge in [0.15, 0.2) is 10.8 Å². The number of halogens is 3. The molecule has 2 aromatic heterocycles. The summed E-state index contributed by atoms with van der Waals surface area (Å²) < 4.78 is 34.1. The molecule has 4 rings (SSSR count). The lowest BCUT2D eigenvalue weighted by molar-refractivity contribution is 0.0343. The summed E-state index contributed by atoms with van der Waals surface area (Å²) in [7, 11) is 0. The van der Waals surface area contributed by atoms with E-state index in [4.69, 9.17) is 16.3 Å². The van der Waals surface area contributed by atoms with E-state index in [0.717, 1.165) is 24.7 Å². The van der Waals surface area contributed by atoms with E-state index in [1.54, 1.807) is 10.7 Å². The van der Waals surface area contributed by atoms with Crippen LogP contribution in [0.4, 0.5) is 8.78 Å². The number of aromatic nitrogens is 3. The van der Waals surface area contributed by atoms with E-state index in [-0.39, 0.29) is 6.42 Å². The molecule has 5 nitrogen and oxygen atoms in total. The first kappa shape index (κ1) is 17.3. The summed E-state index contributed by atoms with van der Waals surface area (Å²) in [6.07, 6.45) is 1.90. The van der Waals surface area contributed by atoms with Gasteiger partial charge in [-0.1, -0.05) is 17.7 Å². The van der Waals surface area contributed by atoms with Crippen molar-refractivity contribution in [3.63, 3.8) is 0 Å². The molecule has 0 aliphatic carbocycles. The van der Waals surface area contributed by atoms with E-state index in [1.807, 2.05) is 6.07 Å². The molecule has 8 heteroatoms. The number of ether oxygens (including phenoxy) is 1. The van der Waals surface area contributed by atoms with Gasteiger partial charge in [0, 0.05) is 37.7 Å². The van der Waals surface area contributed by atoms with Crippen LogP contribution in [0.1, 0.15) is 16.8 Å². The molecule has 0 atom stereocenters. The SMILES string of the molecule is Fc1ccc(Cc2cnc3c(CN4CCOCC4)cc(Cl)nn23)c(F)c1. The number of hydrogen-bond acceptors (Lipinski definition) is 4. The normalized spacial score (nSPS) is 15.7. The lowest BCUT2D eigenvalue weighted by Gasteiger charge is -2.26. The van der Waals surface area contributed by atoms with Crippen molar-refractivity contribution in [3.05, 3.63) is 64.1 Å². The predicted octanol–water partition coefficient (Wildman–Crippen LogP) is 3.08. The number of hydrogen-bond donors (Lipinski definition) is 0. The number of benzene rings is 1. The van der Waals surface area contributed by atoms with Crippen molar-refractivity contribution in [1.82, 2.24) is 19.5 Å². The molecule has 0 radical (unpaired) electrons. The Hall–Kier alpha value is -2.09. The van der Waals surface area contributed by atoms with Crippen molar-refractivity contribution in [2.24, 2.45) is 0 Å². The van der Waals surface area contributed by atoms with Crippen molar-refractivity contribution in [2.75, 3.05) is 26.3 Å². The fraction of sp³-hybridized carbons (Fsp3) is 0.333. The number of morpholine rings is 1. The predicted molar refractivity (Wildman–Crippen MR) is 93.3 cm³/mol. The topological polar surface area (TPSA) is 42.7 Å². The molecule has 0 N–H and O–H groups in total. The monoisotopic (exact) mass is 378 g/mol. The Kier molecular flexibility index (Phi) is 4.84. The molecule has 0 spiro atoms. The van der Waals surface area contributed by atoms with Gasteiger partial charge in [0.2, 0.25) is 0 Å². The van der Waals surface area contributed by atoms with Gasteiger partial charge in [0.1, 0.15) is 11.6 Å². The van der Waals surface area contributed by atoms with E-state index >= 15 is 0 Å². The smallest absolute Gasteiger partial charge is 0.158 e. The minimum atomic E-state index is -0.599. The maximum absolute atomic E-state index is 14.0. The van der Waals surface area contributed by atoms with Crippen LogP contribution in [0.3, 0.4) is 0 Å². The molecule has 3 heterocycles. The summed E-state index contributed by atoms with van der Waals surface area (Å²) in [6, 6.07) is 5.36. The molecule has 3 aromatic rings. The minimum absolute atomic E-state index is 0.248. The number of rotatable bonds is 4. The molecule has 1 aliphatic rings. The largest absolute Gasteiger partial charge is 0.379 e. The van der Waals surface area contributed by atoms with Gasteiger partial charge in [0.05, 0.1) is 25.1 Å². The van der Waals surface area contributed by atoms with Crippen LogP contribution in [0.2, 0.25) is 5.15 Å². The molecule has 1 aromatic carbocycles. The first-order valence-corrected chi connectivity index (χ1v) is 8.74. The zero-order valence-corrected chi connectivity index (χ0v) is 14.7. The lowest BCUT2D eigenvalue weighted by atomic mass is 10.1. The van der Waals surface area contributed by atoms with Crippen molar-refractivity contribution < 1.29 is 13.5 Å². The van der Waals surface area contributed by atoms with Crippen molar-refractivity contribution >= 4 is 17.2 Å². The van der Waals surface area contributed by atoms with Crippen LogP contribution in [-0.2, 0) is 17.7 Å². The summed E-state index contributed by atoms with van der Waals surface area (Å²) in [5.41, 5.74) is 2.72. The Balaban J connectivity index is 1.66. The van der Waals surface area contributed by atoms with Gasteiger partial charge in [-0.15, -0.1) is 0 Å². The molecule has 0 amide bonds. The lowest BCUT2D eigenvalue weighted by Crippen LogP contribution is -2.35. The fourth-order valence-electron chi connectivity index (χ4n) is 3.14. The minimum Gasteiger partial charge on any atom is -0.379 e. The third kappa shape index (κ3) is 3.56. The molecule has 0 unspecified atom stereocenters. The highest BCUT2D eigenvalue weighted by molar-refractivity contribution is 6.29. The van der Waals surface area contributed by atoms with Crippen molar-refractivity contribution in [2.45, 2.75) is 13.0 Å². The maximum atomic E-state index is 14.0. The molecule has 1 saturated heterocycles. The molecule has 26 heavy (non-hydrogen) atoms. The Morgan fingerprint density at radius 3 is 2.69 bits per heavy atom. The summed E-state index contributed by atoms with van der Waals surface area (Å²) in [6.45, 7) is 3.80. The van der Waals surface area contributed by atoms with Gasteiger partial charge in [-0.05, 0) is 17.7 Å². The van der Waals surface area contributed by atoms with Gasteiger partial charge < -0.3 is 4.74 Å². The van der Waals surface area contributed by atoms with Gasteiger partial charge >= 0.3 is 0 Å². The number of nitrogens with zero attached hydrogens (tertiary/aromatic N) is 4. The van der Waals surface area contributed by atoms with E-state index < -0.39 is 11.6 Å². The van der Waals surface area contributed by atoms with Crippen LogP contribution in [0.5, 0.6) is 0 Å². The van der Waals surface area contributed by atoms with E-state index in [0.29, 0.717) is 41.8 Å². The maximum Gasteiger partial charge on any atom is 0.158 e. The molecule has 1 fully saturated rings. The summed E-state index contributed by atoms with van der Waals surface area (Å²) in [5, 5.41) is 4.66. The Morgan fingerprint density at radius 2 is 1.92 bits per heavy atom. The molecular formula is C18H17ClF2N4O. The van der Waals surface area contributed by atoms with E-state index in [1.165, 1.54) is 12.1 Å². The van der Waals surface area contributed by atoms with Crippen LogP contribution < -0.4 is 0 Å². The number of imidazole rings is 1. The number of fused-ring (bicyclic) bond motifs is 1. The highest BCUT2D eigenvalue weighted by Crippen LogP contribution is 2.21. The molecular weight excluding hydrogens is 362 g/mol. The first-order chi connectivity index (χ1) is 12.6. The van der Waals surface area contributed by atoms with E-state index in [2.05, 4.69) is 15.0 Å². The summed E-state index contributed by atoms with van der Waals surface area (Å²) >= 11 is 6.20. The highest BCUT2D eigenvalue weighted by atomic mass is 35.5. The van der Waals surface area contributed by atoms with Gasteiger partial charge in [-0.25, -0.2) is 18.3 Å². The van der Waals surface area contributed by atoms with Crippen LogP contribution >= 0.6 is 11.6 Å². The van der Waals surface area contributed by atoms with Crippen LogP contribution in [-0.4, -0.2) is 45.8 Å². The standard InChI is InChI=1S/C18H17ClF2N4O/c19-17-8-13(11-24-3-5-26-6-4-24)18-22-10-15(25(18)23-17)7-12-1-2-14(20)9-16(12)21/h1-2,8-10H,3-7,11H2. The highest BCUT2D eigenvalue weighted by Gasteiger charge is 2.17. The van der Waals surface area contributed by atoms with Gasteiger partial charge in [-0.3, -0.25) is 4.90 Å². The summed E-state index contributed by atoms with van der Waals surface area (Å²) in [5.74, 6) is -1.19. The van der Waals surface area contributed by atoms with Crippen molar-refractivity contribution in [1.29, 1.82) is 0 Å². The van der Waals surface area contributed by atoms with Gasteiger partial charge in [-0.2, -0.15) is 5.10 Å². The molecule has 0 saturated carbocycles. The zero-order valence-electron chi connectivity index (χ0n) is 14.0. The van der Waals surface area contributed by atoms with Crippen LogP contribution in [0, 0.1) is 11.6 Å². The summed E-state index contributed by atoms with van der Waals surface area (Å²) in [4.78, 5) is 6.72. The molecule has 136 valence electrons. The van der Waals surface area contributed by atoms with Crippen LogP contribution in [0.25, 0.3) is 5.65 Å². The quantitative estimate of drug-likeness (QED) is 0.699. The average molecular weight is 379 g/mol.